The third kappa shape index (κ3) is 5.98. The van der Waals surface area contributed by atoms with Crippen molar-refractivity contribution in [1.82, 2.24) is 9.97 Å². The number of aryl methyl sites for hydroxylation is 1. The van der Waals surface area contributed by atoms with Gasteiger partial charge < -0.3 is 16.4 Å². The predicted molar refractivity (Wildman–Crippen MR) is 117 cm³/mol. The number of hydrogen-bond donors (Lipinski definition) is 3. The van der Waals surface area contributed by atoms with Crippen LogP contribution in [0.4, 0.5) is 30.6 Å². The van der Waals surface area contributed by atoms with Gasteiger partial charge in [0.05, 0.1) is 4.90 Å². The van der Waals surface area contributed by atoms with Crippen molar-refractivity contribution < 1.29 is 26.4 Å². The summed E-state index contributed by atoms with van der Waals surface area (Å²) in [6.07, 6.45) is -3.05. The minimum Gasteiger partial charge on any atom is -0.366 e. The van der Waals surface area contributed by atoms with Crippen LogP contribution >= 0.6 is 0 Å². The molecule has 0 aliphatic heterocycles. The molecule has 0 bridgehead atoms. The number of alkyl halides is 3. The second kappa shape index (κ2) is 9.06. The average Bonchev–Trinajstić information content (AvgIpc) is 2.72. The van der Waals surface area contributed by atoms with Crippen molar-refractivity contribution >= 4 is 33.2 Å². The number of aromatic nitrogens is 2. The molecule has 2 aromatic carbocycles. The van der Waals surface area contributed by atoms with Gasteiger partial charge >= 0.3 is 6.18 Å². The number of hydrogen-bond acceptors (Lipinski definition) is 7. The molecule has 3 aromatic rings. The first kappa shape index (κ1) is 24.0. The molecule has 0 radical (unpaired) electrons. The molecule has 1 heterocycles. The maximum atomic E-state index is 13.5. The van der Waals surface area contributed by atoms with Crippen molar-refractivity contribution in [3.8, 4) is 0 Å². The maximum Gasteiger partial charge on any atom is 0.421 e. The summed E-state index contributed by atoms with van der Waals surface area (Å²) in [5.74, 6) is -1.29. The minimum atomic E-state index is -4.72. The number of sulfone groups is 1. The lowest BCUT2D eigenvalue weighted by atomic mass is 10.1. The molecular formula is C21H20F3N5O3S. The van der Waals surface area contributed by atoms with Crippen molar-refractivity contribution in [3.05, 3.63) is 70.9 Å². The van der Waals surface area contributed by atoms with Gasteiger partial charge in [0, 0.05) is 30.2 Å². The highest BCUT2D eigenvalue weighted by Gasteiger charge is 2.35. The van der Waals surface area contributed by atoms with Crippen LogP contribution in [0.2, 0.25) is 0 Å². The Kier molecular flexibility index (Phi) is 6.58. The highest BCUT2D eigenvalue weighted by Crippen LogP contribution is 2.34. The van der Waals surface area contributed by atoms with Crippen LogP contribution in [-0.4, -0.2) is 30.5 Å². The van der Waals surface area contributed by atoms with E-state index in [1.165, 1.54) is 30.3 Å². The summed E-state index contributed by atoms with van der Waals surface area (Å²) in [4.78, 5) is 19.2. The Morgan fingerprint density at radius 1 is 1.15 bits per heavy atom. The molecule has 0 spiro atoms. The number of anilines is 3. The summed E-state index contributed by atoms with van der Waals surface area (Å²) in [5.41, 5.74) is 5.94. The quantitative estimate of drug-likeness (QED) is 0.472. The topological polar surface area (TPSA) is 127 Å². The molecule has 0 aliphatic rings. The van der Waals surface area contributed by atoms with Gasteiger partial charge in [-0.3, -0.25) is 4.79 Å². The molecule has 0 fully saturated rings. The van der Waals surface area contributed by atoms with E-state index >= 15 is 0 Å². The summed E-state index contributed by atoms with van der Waals surface area (Å²) in [5, 5.41) is 5.40. The summed E-state index contributed by atoms with van der Waals surface area (Å²) < 4.78 is 63.9. The zero-order chi connectivity index (χ0) is 24.4. The number of nitrogens with two attached hydrogens (primary N) is 1. The molecule has 0 saturated carbocycles. The minimum absolute atomic E-state index is 0.0488. The van der Waals surface area contributed by atoms with E-state index in [0.717, 1.165) is 6.26 Å². The predicted octanol–water partition coefficient (Wildman–Crippen LogP) is 3.66. The van der Waals surface area contributed by atoms with E-state index < -0.39 is 33.3 Å². The molecular weight excluding hydrogens is 459 g/mol. The van der Waals surface area contributed by atoms with Gasteiger partial charge in [-0.2, -0.15) is 18.2 Å². The van der Waals surface area contributed by atoms with Gasteiger partial charge in [-0.15, -0.1) is 0 Å². The van der Waals surface area contributed by atoms with Gasteiger partial charge in [0.2, 0.25) is 11.9 Å². The zero-order valence-corrected chi connectivity index (χ0v) is 18.4. The van der Waals surface area contributed by atoms with Gasteiger partial charge in [-0.25, -0.2) is 13.4 Å². The third-order valence-electron chi connectivity index (χ3n) is 4.65. The molecule has 3 rings (SSSR count). The monoisotopic (exact) mass is 479 g/mol. The molecule has 0 atom stereocenters. The highest BCUT2D eigenvalue weighted by atomic mass is 32.2. The van der Waals surface area contributed by atoms with E-state index in [0.29, 0.717) is 23.0 Å². The zero-order valence-electron chi connectivity index (χ0n) is 17.6. The van der Waals surface area contributed by atoms with Crippen molar-refractivity contribution in [3.63, 3.8) is 0 Å². The molecule has 12 heteroatoms. The van der Waals surface area contributed by atoms with E-state index in [1.54, 1.807) is 19.1 Å². The molecule has 0 saturated heterocycles. The Hall–Kier alpha value is -3.67. The van der Waals surface area contributed by atoms with Crippen LogP contribution in [0, 0.1) is 6.92 Å². The van der Waals surface area contributed by atoms with E-state index in [4.69, 9.17) is 5.73 Å². The lowest BCUT2D eigenvalue weighted by Crippen LogP contribution is -2.15. The standard InChI is InChI=1S/C21H20F3N5O3S/c1-12-6-7-14(18(25)30)9-17(12)28-20-27-11-16(21(22,23)24)19(29-20)26-10-13-4-3-5-15(8-13)33(2,31)32/h3-9,11H,10H2,1-2H3,(H2,25,30)(H2,26,27,28,29). The van der Waals surface area contributed by atoms with Crippen LogP contribution < -0.4 is 16.4 Å². The maximum absolute atomic E-state index is 13.5. The van der Waals surface area contributed by atoms with Gasteiger partial charge in [0.1, 0.15) is 11.4 Å². The Labute approximate surface area is 188 Å². The van der Waals surface area contributed by atoms with Crippen LogP contribution in [0.25, 0.3) is 0 Å². The molecule has 33 heavy (non-hydrogen) atoms. The van der Waals surface area contributed by atoms with Gasteiger partial charge in [0.15, 0.2) is 9.84 Å². The molecule has 4 N–H and O–H groups in total. The van der Waals surface area contributed by atoms with Gasteiger partial charge in [-0.05, 0) is 42.3 Å². The van der Waals surface area contributed by atoms with E-state index in [9.17, 15) is 26.4 Å². The van der Waals surface area contributed by atoms with Crippen molar-refractivity contribution in [2.24, 2.45) is 5.73 Å². The fourth-order valence-electron chi connectivity index (χ4n) is 2.89. The first-order valence-corrected chi connectivity index (χ1v) is 11.4. The SMILES string of the molecule is Cc1ccc(C(N)=O)cc1Nc1ncc(C(F)(F)F)c(NCc2cccc(S(C)(=O)=O)c2)n1. The van der Waals surface area contributed by atoms with Crippen LogP contribution in [0.3, 0.4) is 0 Å². The number of halogens is 3. The number of carbonyl (C=O) groups excluding carboxylic acids is 1. The Morgan fingerprint density at radius 2 is 1.88 bits per heavy atom. The normalized spacial score (nSPS) is 11.8. The molecule has 1 amide bonds. The lowest BCUT2D eigenvalue weighted by molar-refractivity contribution is -0.137. The second-order valence-electron chi connectivity index (χ2n) is 7.25. The Morgan fingerprint density at radius 3 is 2.52 bits per heavy atom. The van der Waals surface area contributed by atoms with Gasteiger partial charge in [0.25, 0.3) is 0 Å². The molecule has 0 unspecified atom stereocenters. The van der Waals surface area contributed by atoms with Crippen molar-refractivity contribution in [2.45, 2.75) is 24.5 Å². The Balaban J connectivity index is 1.92. The van der Waals surface area contributed by atoms with Crippen LogP contribution in [0.5, 0.6) is 0 Å². The molecule has 8 nitrogen and oxygen atoms in total. The Bertz CT molecular complexity index is 1310. The number of carbonyl (C=O) groups is 1. The third-order valence-corrected chi connectivity index (χ3v) is 5.76. The average molecular weight is 479 g/mol. The molecule has 174 valence electrons. The fourth-order valence-corrected chi connectivity index (χ4v) is 3.58. The van der Waals surface area contributed by atoms with E-state index in [-0.39, 0.29) is 23.0 Å². The number of nitrogens with one attached hydrogen (secondary N) is 2. The van der Waals surface area contributed by atoms with Crippen LogP contribution in [-0.2, 0) is 22.6 Å². The van der Waals surface area contributed by atoms with Crippen LogP contribution in [0.15, 0.2) is 53.6 Å². The van der Waals surface area contributed by atoms with E-state index in [1.807, 2.05) is 0 Å². The first-order valence-electron chi connectivity index (χ1n) is 9.49. The number of amides is 1. The number of primary amides is 1. The van der Waals surface area contributed by atoms with Gasteiger partial charge in [-0.1, -0.05) is 18.2 Å². The summed E-state index contributed by atoms with van der Waals surface area (Å²) in [7, 11) is -3.47. The highest BCUT2D eigenvalue weighted by molar-refractivity contribution is 7.90. The summed E-state index contributed by atoms with van der Waals surface area (Å²) in [6, 6.07) is 10.4. The summed E-state index contributed by atoms with van der Waals surface area (Å²) in [6.45, 7) is 1.62. The first-order chi connectivity index (χ1) is 15.3. The molecule has 1 aromatic heterocycles. The number of nitrogens with zero attached hydrogens (tertiary/aromatic N) is 2. The fraction of sp³-hybridized carbons (Fsp3) is 0.190. The van der Waals surface area contributed by atoms with Crippen molar-refractivity contribution in [1.29, 1.82) is 0 Å². The van der Waals surface area contributed by atoms with Crippen molar-refractivity contribution in [2.75, 3.05) is 16.9 Å². The summed E-state index contributed by atoms with van der Waals surface area (Å²) >= 11 is 0. The lowest BCUT2D eigenvalue weighted by Gasteiger charge is -2.16. The van der Waals surface area contributed by atoms with E-state index in [2.05, 4.69) is 20.6 Å². The second-order valence-corrected chi connectivity index (χ2v) is 9.26. The number of rotatable bonds is 7. The smallest absolute Gasteiger partial charge is 0.366 e. The largest absolute Gasteiger partial charge is 0.421 e. The number of benzene rings is 2. The molecule has 0 aliphatic carbocycles. The van der Waals surface area contributed by atoms with Crippen LogP contribution in [0.1, 0.15) is 27.0 Å².